The highest BCUT2D eigenvalue weighted by Gasteiger charge is 2.28. The number of aromatic nitrogens is 2. The second kappa shape index (κ2) is 7.68. The lowest BCUT2D eigenvalue weighted by Gasteiger charge is -2.15. The standard InChI is InChI=1S/C20H10Cl2N2O7S/c21-9-6-10-13(11(7-9)32(29,30)31)14-15(22)12(8-4-2-1-3-5-8)17(20(27)28)24-18(14)23-16(10)19(25)26/h1-7H,(H,25,26)(H,27,28)(H,29,30,31). The van der Waals surface area contributed by atoms with Gasteiger partial charge in [0.25, 0.3) is 10.1 Å². The summed E-state index contributed by atoms with van der Waals surface area (Å²) in [6, 6.07) is 10.2. The van der Waals surface area contributed by atoms with Crippen molar-refractivity contribution in [3.63, 3.8) is 0 Å². The Morgan fingerprint density at radius 1 is 0.875 bits per heavy atom. The van der Waals surface area contributed by atoms with Gasteiger partial charge in [0.1, 0.15) is 4.90 Å². The Kier molecular flexibility index (Phi) is 5.25. The molecule has 0 aliphatic heterocycles. The number of carboxylic acid groups (broad SMARTS) is 2. The van der Waals surface area contributed by atoms with Gasteiger partial charge in [-0.3, -0.25) is 4.55 Å². The molecule has 2 heterocycles. The molecule has 0 aliphatic rings. The van der Waals surface area contributed by atoms with Crippen molar-refractivity contribution >= 4 is 67.1 Å². The number of aromatic carboxylic acids is 2. The van der Waals surface area contributed by atoms with E-state index in [1.54, 1.807) is 30.3 Å². The van der Waals surface area contributed by atoms with Crippen molar-refractivity contribution in [1.82, 2.24) is 9.97 Å². The fourth-order valence-corrected chi connectivity index (χ4v) is 4.84. The summed E-state index contributed by atoms with van der Waals surface area (Å²) in [5, 5.41) is 18.2. The van der Waals surface area contributed by atoms with Crippen LogP contribution in [0.4, 0.5) is 0 Å². The molecule has 2 aromatic carbocycles. The number of hydrogen-bond donors (Lipinski definition) is 3. The summed E-state index contributed by atoms with van der Waals surface area (Å²) in [6.45, 7) is 0. The Balaban J connectivity index is 2.37. The van der Waals surface area contributed by atoms with Crippen LogP contribution in [0.2, 0.25) is 10.0 Å². The Bertz CT molecular complexity index is 1570. The molecule has 0 aliphatic carbocycles. The summed E-state index contributed by atoms with van der Waals surface area (Å²) in [6.07, 6.45) is 0. The van der Waals surface area contributed by atoms with Gasteiger partial charge >= 0.3 is 11.9 Å². The van der Waals surface area contributed by atoms with Crippen LogP contribution in [0.3, 0.4) is 0 Å². The van der Waals surface area contributed by atoms with E-state index in [4.69, 9.17) is 23.2 Å². The van der Waals surface area contributed by atoms with Gasteiger partial charge in [0.15, 0.2) is 17.0 Å². The van der Waals surface area contributed by atoms with E-state index in [1.807, 2.05) is 0 Å². The lowest BCUT2D eigenvalue weighted by atomic mass is 9.99. The fraction of sp³-hybridized carbons (Fsp3) is 0. The van der Waals surface area contributed by atoms with Gasteiger partial charge in [0.05, 0.1) is 5.02 Å². The first kappa shape index (κ1) is 21.9. The van der Waals surface area contributed by atoms with Gasteiger partial charge in [0.2, 0.25) is 0 Å². The Morgan fingerprint density at radius 3 is 2.03 bits per heavy atom. The number of benzene rings is 2. The van der Waals surface area contributed by atoms with Crippen molar-refractivity contribution in [1.29, 1.82) is 0 Å². The van der Waals surface area contributed by atoms with Crippen LogP contribution < -0.4 is 0 Å². The number of halogens is 2. The molecule has 0 saturated carbocycles. The summed E-state index contributed by atoms with van der Waals surface area (Å²) in [5.74, 6) is -3.01. The number of carboxylic acids is 2. The summed E-state index contributed by atoms with van der Waals surface area (Å²) >= 11 is 12.6. The number of nitrogens with zero attached hydrogens (tertiary/aromatic N) is 2. The minimum Gasteiger partial charge on any atom is -0.476 e. The largest absolute Gasteiger partial charge is 0.476 e. The molecule has 0 bridgehead atoms. The van der Waals surface area contributed by atoms with Gasteiger partial charge in [0, 0.05) is 26.7 Å². The van der Waals surface area contributed by atoms with Crippen LogP contribution in [0.25, 0.3) is 32.9 Å². The normalized spacial score (nSPS) is 11.7. The van der Waals surface area contributed by atoms with Crippen molar-refractivity contribution in [2.45, 2.75) is 4.90 Å². The maximum atomic E-state index is 12.1. The molecular formula is C20H10Cl2N2O7S. The minimum atomic E-state index is -4.91. The van der Waals surface area contributed by atoms with Crippen LogP contribution in [-0.4, -0.2) is 45.1 Å². The zero-order valence-corrected chi connectivity index (χ0v) is 17.9. The van der Waals surface area contributed by atoms with Crippen LogP contribution in [0.15, 0.2) is 47.4 Å². The van der Waals surface area contributed by atoms with Gasteiger partial charge < -0.3 is 10.2 Å². The van der Waals surface area contributed by atoms with E-state index in [2.05, 4.69) is 9.97 Å². The predicted octanol–water partition coefficient (Wildman–Crippen LogP) is 4.40. The van der Waals surface area contributed by atoms with Crippen molar-refractivity contribution in [3.05, 3.63) is 63.9 Å². The minimum absolute atomic E-state index is 0.0327. The molecule has 4 aromatic rings. The van der Waals surface area contributed by atoms with E-state index in [0.29, 0.717) is 5.56 Å². The van der Waals surface area contributed by atoms with Crippen molar-refractivity contribution < 1.29 is 32.8 Å². The van der Waals surface area contributed by atoms with Crippen LogP contribution in [-0.2, 0) is 10.1 Å². The maximum absolute atomic E-state index is 12.1. The molecule has 9 nitrogen and oxygen atoms in total. The molecule has 4 rings (SSSR count). The predicted molar refractivity (Wildman–Crippen MR) is 116 cm³/mol. The van der Waals surface area contributed by atoms with Gasteiger partial charge in [-0.2, -0.15) is 8.42 Å². The molecule has 0 spiro atoms. The van der Waals surface area contributed by atoms with Crippen LogP contribution in [0.5, 0.6) is 0 Å². The summed E-state index contributed by atoms with van der Waals surface area (Å²) in [5.41, 5.74) is -1.26. The first-order chi connectivity index (χ1) is 15.0. The first-order valence-corrected chi connectivity index (χ1v) is 10.9. The summed E-state index contributed by atoms with van der Waals surface area (Å²) in [4.78, 5) is 30.9. The second-order valence-corrected chi connectivity index (χ2v) is 8.79. The van der Waals surface area contributed by atoms with Crippen molar-refractivity contribution in [3.8, 4) is 11.1 Å². The molecular weight excluding hydrogens is 483 g/mol. The third kappa shape index (κ3) is 3.53. The molecule has 0 unspecified atom stereocenters. The van der Waals surface area contributed by atoms with Crippen molar-refractivity contribution in [2.24, 2.45) is 0 Å². The zero-order valence-electron chi connectivity index (χ0n) is 15.6. The number of carbonyl (C=O) groups is 2. The third-order valence-electron chi connectivity index (χ3n) is 4.65. The quantitative estimate of drug-likeness (QED) is 0.277. The molecule has 0 saturated heterocycles. The number of fused-ring (bicyclic) bond motifs is 3. The Morgan fingerprint density at radius 2 is 1.47 bits per heavy atom. The number of hydrogen-bond acceptors (Lipinski definition) is 6. The van der Waals surface area contributed by atoms with Crippen molar-refractivity contribution in [2.75, 3.05) is 0 Å². The molecule has 0 amide bonds. The van der Waals surface area contributed by atoms with Crippen LogP contribution in [0.1, 0.15) is 21.0 Å². The third-order valence-corrected chi connectivity index (χ3v) is 6.13. The topological polar surface area (TPSA) is 155 Å². The average molecular weight is 493 g/mol. The molecule has 162 valence electrons. The van der Waals surface area contributed by atoms with E-state index < -0.39 is 44.0 Å². The summed E-state index contributed by atoms with van der Waals surface area (Å²) < 4.78 is 34.1. The van der Waals surface area contributed by atoms with E-state index in [9.17, 15) is 32.8 Å². The average Bonchev–Trinajstić information content (AvgIpc) is 2.71. The highest BCUT2D eigenvalue weighted by molar-refractivity contribution is 7.86. The molecule has 3 N–H and O–H groups in total. The van der Waals surface area contributed by atoms with E-state index >= 15 is 0 Å². The zero-order chi connectivity index (χ0) is 23.4. The summed E-state index contributed by atoms with van der Waals surface area (Å²) in [7, 11) is -4.91. The van der Waals surface area contributed by atoms with Gasteiger partial charge in [-0.05, 0) is 17.7 Å². The lowest BCUT2D eigenvalue weighted by molar-refractivity contribution is 0.0683. The molecule has 0 atom stereocenters. The smallest absolute Gasteiger partial charge is 0.355 e. The molecule has 2 aromatic heterocycles. The van der Waals surface area contributed by atoms with Gasteiger partial charge in [-0.15, -0.1) is 0 Å². The Hall–Kier alpha value is -3.31. The number of rotatable bonds is 4. The highest BCUT2D eigenvalue weighted by Crippen LogP contribution is 2.42. The lowest BCUT2D eigenvalue weighted by Crippen LogP contribution is -2.10. The van der Waals surface area contributed by atoms with E-state index in [1.165, 1.54) is 0 Å². The second-order valence-electron chi connectivity index (χ2n) is 6.59. The van der Waals surface area contributed by atoms with Gasteiger partial charge in [-0.25, -0.2) is 19.6 Å². The SMILES string of the molecule is O=C(O)c1nc2nc(C(=O)O)c3cc(Cl)cc(S(=O)(=O)O)c3c2c(Cl)c1-c1ccccc1. The van der Waals surface area contributed by atoms with Crippen LogP contribution in [0, 0.1) is 0 Å². The van der Waals surface area contributed by atoms with E-state index in [0.717, 1.165) is 12.1 Å². The van der Waals surface area contributed by atoms with Gasteiger partial charge in [-0.1, -0.05) is 53.5 Å². The molecule has 0 fully saturated rings. The Labute approximate surface area is 189 Å². The first-order valence-electron chi connectivity index (χ1n) is 8.66. The molecule has 12 heteroatoms. The molecule has 0 radical (unpaired) electrons. The van der Waals surface area contributed by atoms with E-state index in [-0.39, 0.29) is 31.8 Å². The maximum Gasteiger partial charge on any atom is 0.355 e. The van der Waals surface area contributed by atoms with Crippen LogP contribution >= 0.6 is 23.2 Å². The molecule has 32 heavy (non-hydrogen) atoms. The fourth-order valence-electron chi connectivity index (χ4n) is 3.43. The monoisotopic (exact) mass is 492 g/mol. The highest BCUT2D eigenvalue weighted by atomic mass is 35.5. The number of pyridine rings is 2.